The number of cyclic esters (lactones) is 1. The molecular formula is C24H17BrO3. The zero-order chi connectivity index (χ0) is 19.5. The van der Waals surface area contributed by atoms with Crippen molar-refractivity contribution in [2.75, 3.05) is 0 Å². The largest absolute Gasteiger partial charge is 0.425 e. The molecule has 0 saturated carbocycles. The van der Waals surface area contributed by atoms with Gasteiger partial charge in [0.2, 0.25) is 0 Å². The molecule has 0 saturated heterocycles. The molecule has 3 aromatic carbocycles. The fourth-order valence-corrected chi connectivity index (χ4v) is 4.03. The number of carbonyl (C=O) groups is 2. The van der Waals surface area contributed by atoms with Crippen molar-refractivity contribution in [1.82, 2.24) is 0 Å². The molecule has 0 unspecified atom stereocenters. The van der Waals surface area contributed by atoms with E-state index < -0.39 is 0 Å². The Kier molecular flexibility index (Phi) is 5.22. The van der Waals surface area contributed by atoms with Crippen LogP contribution in [0, 0.1) is 0 Å². The maximum atomic E-state index is 13.5. The molecule has 3 aromatic rings. The number of benzene rings is 3. The second-order valence-electron chi connectivity index (χ2n) is 6.56. The Balaban J connectivity index is 1.95. The summed E-state index contributed by atoms with van der Waals surface area (Å²) >= 11 is 3.57. The van der Waals surface area contributed by atoms with Crippen molar-refractivity contribution in [2.45, 2.75) is 12.3 Å². The van der Waals surface area contributed by atoms with Gasteiger partial charge in [-0.2, -0.15) is 0 Å². The van der Waals surface area contributed by atoms with Crippen LogP contribution in [0.3, 0.4) is 0 Å². The summed E-state index contributed by atoms with van der Waals surface area (Å²) in [5.74, 6) is -0.525. The highest BCUT2D eigenvalue weighted by Crippen LogP contribution is 2.42. The van der Waals surface area contributed by atoms with E-state index >= 15 is 0 Å². The van der Waals surface area contributed by atoms with E-state index in [9.17, 15) is 9.59 Å². The number of hydrogen-bond donors (Lipinski definition) is 0. The van der Waals surface area contributed by atoms with Crippen LogP contribution >= 0.6 is 15.9 Å². The first-order valence-electron chi connectivity index (χ1n) is 8.99. The van der Waals surface area contributed by atoms with Gasteiger partial charge >= 0.3 is 5.97 Å². The standard InChI is InChI=1S/C24H17BrO3/c25-20-14-8-7-13-18(20)19-15-21(26)28-24(17-11-5-2-6-12-17)22(19)23(27)16-9-3-1-4-10-16/h1-14,19H,15H2/t19-/m1/s1. The van der Waals surface area contributed by atoms with Crippen LogP contribution in [-0.2, 0) is 9.53 Å². The van der Waals surface area contributed by atoms with Crippen molar-refractivity contribution in [3.05, 3.63) is 112 Å². The molecule has 0 amide bonds. The highest BCUT2D eigenvalue weighted by Gasteiger charge is 2.36. The predicted octanol–water partition coefficient (Wildman–Crippen LogP) is 5.77. The molecule has 0 fully saturated rings. The first-order valence-corrected chi connectivity index (χ1v) is 9.79. The third-order valence-electron chi connectivity index (χ3n) is 4.78. The Hall–Kier alpha value is -2.98. The number of halogens is 1. The third-order valence-corrected chi connectivity index (χ3v) is 5.50. The molecule has 1 atom stereocenters. The quantitative estimate of drug-likeness (QED) is 0.387. The molecule has 1 aliphatic heterocycles. The number of hydrogen-bond acceptors (Lipinski definition) is 3. The number of rotatable bonds is 4. The molecular weight excluding hydrogens is 416 g/mol. The fraction of sp³-hybridized carbons (Fsp3) is 0.0833. The SMILES string of the molecule is O=C1C[C@H](c2ccccc2Br)C(C(=O)c2ccccc2)=C(c2ccccc2)O1. The number of Topliss-reactive ketones (excluding diaryl/α,β-unsaturated/α-hetero) is 1. The average Bonchev–Trinajstić information content (AvgIpc) is 2.74. The fourth-order valence-electron chi connectivity index (χ4n) is 3.47. The maximum absolute atomic E-state index is 13.5. The lowest BCUT2D eigenvalue weighted by Gasteiger charge is -2.28. The number of carbonyl (C=O) groups excluding carboxylic acids is 2. The van der Waals surface area contributed by atoms with Crippen molar-refractivity contribution < 1.29 is 14.3 Å². The highest BCUT2D eigenvalue weighted by atomic mass is 79.9. The first-order chi connectivity index (χ1) is 13.6. The minimum Gasteiger partial charge on any atom is -0.425 e. The van der Waals surface area contributed by atoms with Gasteiger partial charge in [-0.05, 0) is 11.6 Å². The second kappa shape index (κ2) is 7.95. The van der Waals surface area contributed by atoms with E-state index in [4.69, 9.17) is 4.74 Å². The maximum Gasteiger partial charge on any atom is 0.312 e. The van der Waals surface area contributed by atoms with Gasteiger partial charge in [-0.3, -0.25) is 9.59 Å². The summed E-state index contributed by atoms with van der Waals surface area (Å²) in [6, 6.07) is 26.1. The zero-order valence-corrected chi connectivity index (χ0v) is 16.6. The van der Waals surface area contributed by atoms with Gasteiger partial charge in [-0.15, -0.1) is 0 Å². The molecule has 0 radical (unpaired) electrons. The summed E-state index contributed by atoms with van der Waals surface area (Å²) in [5.41, 5.74) is 2.68. The van der Waals surface area contributed by atoms with E-state index in [0.717, 1.165) is 10.0 Å². The van der Waals surface area contributed by atoms with Crippen LogP contribution in [0.15, 0.2) is 95.0 Å². The molecule has 0 N–H and O–H groups in total. The second-order valence-corrected chi connectivity index (χ2v) is 7.41. The summed E-state index contributed by atoms with van der Waals surface area (Å²) in [6.45, 7) is 0. The van der Waals surface area contributed by atoms with Gasteiger partial charge in [0.15, 0.2) is 5.78 Å². The lowest BCUT2D eigenvalue weighted by molar-refractivity contribution is -0.137. The van der Waals surface area contributed by atoms with E-state index in [2.05, 4.69) is 15.9 Å². The van der Waals surface area contributed by atoms with Gasteiger partial charge in [0.25, 0.3) is 0 Å². The van der Waals surface area contributed by atoms with Crippen molar-refractivity contribution in [1.29, 1.82) is 0 Å². The van der Waals surface area contributed by atoms with E-state index in [1.807, 2.05) is 72.8 Å². The minimum absolute atomic E-state index is 0.118. The van der Waals surface area contributed by atoms with Crippen LogP contribution in [0.4, 0.5) is 0 Å². The average molecular weight is 433 g/mol. The molecule has 0 spiro atoms. The Bertz CT molecular complexity index is 1060. The lowest BCUT2D eigenvalue weighted by Crippen LogP contribution is -2.25. The molecule has 1 heterocycles. The molecule has 1 aliphatic rings. The monoisotopic (exact) mass is 432 g/mol. The number of allylic oxidation sites excluding steroid dienone is 1. The first kappa shape index (κ1) is 18.4. The molecule has 4 heteroatoms. The van der Waals surface area contributed by atoms with E-state index in [-0.39, 0.29) is 24.1 Å². The van der Waals surface area contributed by atoms with Crippen LogP contribution in [0.5, 0.6) is 0 Å². The molecule has 138 valence electrons. The van der Waals surface area contributed by atoms with Gasteiger partial charge in [0.05, 0.1) is 12.0 Å². The van der Waals surface area contributed by atoms with Gasteiger partial charge < -0.3 is 4.74 Å². The Labute approximate surface area is 171 Å². The van der Waals surface area contributed by atoms with Gasteiger partial charge in [0.1, 0.15) is 5.76 Å². The lowest BCUT2D eigenvalue weighted by atomic mass is 9.81. The Morgan fingerprint density at radius 3 is 2.14 bits per heavy atom. The van der Waals surface area contributed by atoms with Crippen molar-refractivity contribution in [2.24, 2.45) is 0 Å². The van der Waals surface area contributed by atoms with Crippen LogP contribution in [0.25, 0.3) is 5.76 Å². The molecule has 0 bridgehead atoms. The Morgan fingerprint density at radius 2 is 1.46 bits per heavy atom. The molecule has 0 aliphatic carbocycles. The van der Waals surface area contributed by atoms with E-state index in [1.165, 1.54) is 0 Å². The molecule has 4 rings (SSSR count). The van der Waals surface area contributed by atoms with Crippen LogP contribution < -0.4 is 0 Å². The van der Waals surface area contributed by atoms with Gasteiger partial charge in [0, 0.05) is 21.5 Å². The summed E-state index contributed by atoms with van der Waals surface area (Å²) in [4.78, 5) is 26.0. The molecule has 0 aromatic heterocycles. The normalized spacial score (nSPS) is 16.6. The van der Waals surface area contributed by atoms with Crippen molar-refractivity contribution >= 4 is 33.4 Å². The van der Waals surface area contributed by atoms with Crippen LogP contribution in [0.2, 0.25) is 0 Å². The third kappa shape index (κ3) is 3.56. The summed E-state index contributed by atoms with van der Waals surface area (Å²) in [6.07, 6.45) is 0.118. The highest BCUT2D eigenvalue weighted by molar-refractivity contribution is 9.10. The number of ether oxygens (including phenoxy) is 1. The Morgan fingerprint density at radius 1 is 0.857 bits per heavy atom. The van der Waals surface area contributed by atoms with Gasteiger partial charge in [-0.1, -0.05) is 94.8 Å². The van der Waals surface area contributed by atoms with Crippen LogP contribution in [-0.4, -0.2) is 11.8 Å². The number of ketones is 1. The summed E-state index contributed by atoms with van der Waals surface area (Å²) in [5, 5.41) is 0. The van der Waals surface area contributed by atoms with Crippen LogP contribution in [0.1, 0.15) is 33.8 Å². The van der Waals surface area contributed by atoms with Gasteiger partial charge in [-0.25, -0.2) is 0 Å². The topological polar surface area (TPSA) is 43.4 Å². The molecule has 3 nitrogen and oxygen atoms in total. The summed E-state index contributed by atoms with van der Waals surface area (Å²) in [7, 11) is 0. The summed E-state index contributed by atoms with van der Waals surface area (Å²) < 4.78 is 6.49. The number of esters is 1. The minimum atomic E-state index is -0.389. The van der Waals surface area contributed by atoms with Crippen molar-refractivity contribution in [3.8, 4) is 0 Å². The smallest absolute Gasteiger partial charge is 0.312 e. The zero-order valence-electron chi connectivity index (χ0n) is 15.0. The van der Waals surface area contributed by atoms with E-state index in [0.29, 0.717) is 22.5 Å². The molecule has 28 heavy (non-hydrogen) atoms. The van der Waals surface area contributed by atoms with E-state index in [1.54, 1.807) is 12.1 Å². The predicted molar refractivity (Wildman–Crippen MR) is 112 cm³/mol. The van der Waals surface area contributed by atoms with Crippen molar-refractivity contribution in [3.63, 3.8) is 0 Å².